The minimum Gasteiger partial charge on any atom is -0.490 e. The number of carboxylic acid groups (broad SMARTS) is 1. The van der Waals surface area contributed by atoms with Crippen molar-refractivity contribution in [1.29, 1.82) is 0 Å². The van der Waals surface area contributed by atoms with Crippen LogP contribution >= 0.6 is 0 Å². The summed E-state index contributed by atoms with van der Waals surface area (Å²) in [5.74, 6) is -0.0368. The van der Waals surface area contributed by atoms with Crippen molar-refractivity contribution in [3.8, 4) is 5.75 Å². The maximum Gasteiger partial charge on any atom is 0.307 e. The second-order valence-electron chi connectivity index (χ2n) is 4.01. The molecule has 1 aromatic rings. The highest BCUT2D eigenvalue weighted by Crippen LogP contribution is 2.22. The summed E-state index contributed by atoms with van der Waals surface area (Å²) in [5, 5.41) is 8.74. The fourth-order valence-electron chi connectivity index (χ4n) is 1.48. The van der Waals surface area contributed by atoms with Crippen molar-refractivity contribution < 1.29 is 14.6 Å². The summed E-state index contributed by atoms with van der Waals surface area (Å²) in [6, 6.07) is 5.94. The standard InChI is InChI=1S/C13H18O3/c1-4-11(8-13(14)15)16-12-7-9(2)5-6-10(12)3/h5-7,11H,4,8H2,1-3H3,(H,14,15). The summed E-state index contributed by atoms with van der Waals surface area (Å²) in [7, 11) is 0. The maximum atomic E-state index is 10.6. The Hall–Kier alpha value is -1.51. The predicted molar refractivity (Wildman–Crippen MR) is 62.9 cm³/mol. The molecule has 0 aliphatic carbocycles. The lowest BCUT2D eigenvalue weighted by molar-refractivity contribution is -0.138. The van der Waals surface area contributed by atoms with Crippen molar-refractivity contribution in [1.82, 2.24) is 0 Å². The molecule has 0 fully saturated rings. The molecule has 1 atom stereocenters. The van der Waals surface area contributed by atoms with E-state index < -0.39 is 5.97 Å². The van der Waals surface area contributed by atoms with E-state index in [0.29, 0.717) is 6.42 Å². The lowest BCUT2D eigenvalue weighted by Crippen LogP contribution is -2.20. The Morgan fingerprint density at radius 3 is 2.69 bits per heavy atom. The highest BCUT2D eigenvalue weighted by molar-refractivity contribution is 5.67. The number of hydrogen-bond acceptors (Lipinski definition) is 2. The maximum absolute atomic E-state index is 10.6. The third kappa shape index (κ3) is 3.57. The van der Waals surface area contributed by atoms with Crippen LogP contribution in [0.1, 0.15) is 30.9 Å². The van der Waals surface area contributed by atoms with Crippen molar-refractivity contribution in [2.24, 2.45) is 0 Å². The van der Waals surface area contributed by atoms with E-state index in [1.165, 1.54) is 0 Å². The van der Waals surface area contributed by atoms with Gasteiger partial charge in [0.25, 0.3) is 0 Å². The second kappa shape index (κ2) is 5.54. The van der Waals surface area contributed by atoms with Gasteiger partial charge >= 0.3 is 5.97 Å². The summed E-state index contributed by atoms with van der Waals surface area (Å²) in [5.41, 5.74) is 2.15. The summed E-state index contributed by atoms with van der Waals surface area (Å²) in [6.07, 6.45) is 0.488. The molecule has 3 heteroatoms. The quantitative estimate of drug-likeness (QED) is 0.833. The van der Waals surface area contributed by atoms with E-state index in [0.717, 1.165) is 16.9 Å². The van der Waals surface area contributed by atoms with Gasteiger partial charge in [-0.25, -0.2) is 0 Å². The van der Waals surface area contributed by atoms with Crippen LogP contribution in [0.15, 0.2) is 18.2 Å². The Kier molecular flexibility index (Phi) is 4.35. The molecule has 0 aliphatic heterocycles. The molecule has 0 saturated carbocycles. The zero-order valence-corrected chi connectivity index (χ0v) is 9.99. The minimum absolute atomic E-state index is 0.0455. The summed E-state index contributed by atoms with van der Waals surface area (Å²) in [6.45, 7) is 5.88. The first kappa shape index (κ1) is 12.6. The number of rotatable bonds is 5. The molecule has 1 N–H and O–H groups in total. The Balaban J connectivity index is 2.77. The number of aliphatic carboxylic acids is 1. The molecule has 16 heavy (non-hydrogen) atoms. The van der Waals surface area contributed by atoms with Gasteiger partial charge in [-0.3, -0.25) is 4.79 Å². The van der Waals surface area contributed by atoms with Gasteiger partial charge in [0.2, 0.25) is 0 Å². The first-order valence-electron chi connectivity index (χ1n) is 5.48. The summed E-state index contributed by atoms with van der Waals surface area (Å²) < 4.78 is 5.71. The third-order valence-corrected chi connectivity index (χ3v) is 2.49. The van der Waals surface area contributed by atoms with Gasteiger partial charge in [0, 0.05) is 0 Å². The lowest BCUT2D eigenvalue weighted by Gasteiger charge is -2.17. The van der Waals surface area contributed by atoms with Gasteiger partial charge < -0.3 is 9.84 Å². The summed E-state index contributed by atoms with van der Waals surface area (Å²) in [4.78, 5) is 10.6. The van der Waals surface area contributed by atoms with Crippen LogP contribution in [0.25, 0.3) is 0 Å². The van der Waals surface area contributed by atoms with Gasteiger partial charge in [0.15, 0.2) is 0 Å². The lowest BCUT2D eigenvalue weighted by atomic mass is 10.1. The highest BCUT2D eigenvalue weighted by atomic mass is 16.5. The SMILES string of the molecule is CCC(CC(=O)O)Oc1cc(C)ccc1C. The number of carbonyl (C=O) groups is 1. The molecule has 88 valence electrons. The van der Waals surface area contributed by atoms with Crippen LogP contribution in [-0.2, 0) is 4.79 Å². The first-order chi connectivity index (χ1) is 7.52. The van der Waals surface area contributed by atoms with Crippen molar-refractivity contribution in [3.63, 3.8) is 0 Å². The zero-order chi connectivity index (χ0) is 12.1. The normalized spacial score (nSPS) is 12.2. The second-order valence-corrected chi connectivity index (χ2v) is 4.01. The van der Waals surface area contributed by atoms with Gasteiger partial charge in [-0.1, -0.05) is 19.1 Å². The van der Waals surface area contributed by atoms with Crippen molar-refractivity contribution in [2.45, 2.75) is 39.7 Å². The van der Waals surface area contributed by atoms with Crippen molar-refractivity contribution in [2.75, 3.05) is 0 Å². The zero-order valence-electron chi connectivity index (χ0n) is 9.99. The van der Waals surface area contributed by atoms with Gasteiger partial charge in [-0.2, -0.15) is 0 Å². The average molecular weight is 222 g/mol. The Morgan fingerprint density at radius 1 is 1.44 bits per heavy atom. The molecular weight excluding hydrogens is 204 g/mol. The Morgan fingerprint density at radius 2 is 2.12 bits per heavy atom. The van der Waals surface area contributed by atoms with Gasteiger partial charge in [-0.15, -0.1) is 0 Å². The topological polar surface area (TPSA) is 46.5 Å². The molecule has 1 unspecified atom stereocenters. The molecule has 0 spiro atoms. The molecule has 0 heterocycles. The molecular formula is C13H18O3. The van der Waals surface area contributed by atoms with Crippen LogP contribution in [0.4, 0.5) is 0 Å². The largest absolute Gasteiger partial charge is 0.490 e. The number of hydrogen-bond donors (Lipinski definition) is 1. The van der Waals surface area contributed by atoms with E-state index in [2.05, 4.69) is 0 Å². The van der Waals surface area contributed by atoms with E-state index >= 15 is 0 Å². The van der Waals surface area contributed by atoms with Crippen LogP contribution in [-0.4, -0.2) is 17.2 Å². The van der Waals surface area contributed by atoms with Crippen LogP contribution in [0.2, 0.25) is 0 Å². The molecule has 1 rings (SSSR count). The van der Waals surface area contributed by atoms with E-state index in [1.807, 2.05) is 39.0 Å². The molecule has 0 bridgehead atoms. The van der Waals surface area contributed by atoms with Crippen LogP contribution in [0.3, 0.4) is 0 Å². The van der Waals surface area contributed by atoms with Gasteiger partial charge in [-0.05, 0) is 37.5 Å². The fraction of sp³-hybridized carbons (Fsp3) is 0.462. The molecule has 0 radical (unpaired) electrons. The predicted octanol–water partition coefficient (Wildman–Crippen LogP) is 2.94. The molecule has 1 aromatic carbocycles. The molecule has 0 amide bonds. The Labute approximate surface area is 96.1 Å². The molecule has 0 aliphatic rings. The van der Waals surface area contributed by atoms with Crippen LogP contribution < -0.4 is 4.74 Å². The fourth-order valence-corrected chi connectivity index (χ4v) is 1.48. The molecule has 3 nitrogen and oxygen atoms in total. The Bertz CT molecular complexity index is 371. The van der Waals surface area contributed by atoms with E-state index in [1.54, 1.807) is 0 Å². The molecule has 0 aromatic heterocycles. The van der Waals surface area contributed by atoms with Crippen molar-refractivity contribution in [3.05, 3.63) is 29.3 Å². The first-order valence-corrected chi connectivity index (χ1v) is 5.48. The smallest absolute Gasteiger partial charge is 0.307 e. The third-order valence-electron chi connectivity index (χ3n) is 2.49. The molecule has 0 saturated heterocycles. The summed E-state index contributed by atoms with van der Waals surface area (Å²) >= 11 is 0. The monoisotopic (exact) mass is 222 g/mol. The highest BCUT2D eigenvalue weighted by Gasteiger charge is 2.13. The van der Waals surface area contributed by atoms with Gasteiger partial charge in [0.1, 0.15) is 11.9 Å². The van der Waals surface area contributed by atoms with E-state index in [-0.39, 0.29) is 12.5 Å². The van der Waals surface area contributed by atoms with E-state index in [9.17, 15) is 4.79 Å². The minimum atomic E-state index is -0.822. The number of ether oxygens (including phenoxy) is 1. The van der Waals surface area contributed by atoms with Gasteiger partial charge in [0.05, 0.1) is 6.42 Å². The number of aryl methyl sites for hydroxylation is 2. The van der Waals surface area contributed by atoms with E-state index in [4.69, 9.17) is 9.84 Å². The number of benzene rings is 1. The van der Waals surface area contributed by atoms with Crippen molar-refractivity contribution >= 4 is 5.97 Å². The van der Waals surface area contributed by atoms with Crippen LogP contribution in [0.5, 0.6) is 5.75 Å². The average Bonchev–Trinajstić information content (AvgIpc) is 2.21. The van der Waals surface area contributed by atoms with Crippen LogP contribution in [0, 0.1) is 13.8 Å². The number of carboxylic acids is 1.